The number of nitrogens with one attached hydrogen (secondary N) is 1. The molecule has 0 bridgehead atoms. The molecule has 1 aliphatic carbocycles. The van der Waals surface area contributed by atoms with Crippen molar-refractivity contribution >= 4 is 23.5 Å². The summed E-state index contributed by atoms with van der Waals surface area (Å²) in [5.74, 6) is -1.12. The van der Waals surface area contributed by atoms with Gasteiger partial charge in [0, 0.05) is 11.6 Å². The molecule has 1 aliphatic rings. The summed E-state index contributed by atoms with van der Waals surface area (Å²) in [4.78, 5) is 23.3. The smallest absolute Gasteiger partial charge is 0.338 e. The number of amides is 1. The summed E-state index contributed by atoms with van der Waals surface area (Å²) in [6, 6.07) is 7.12. The molecule has 0 unspecified atom stereocenters. The van der Waals surface area contributed by atoms with Gasteiger partial charge in [-0.3, -0.25) is 4.79 Å². The van der Waals surface area contributed by atoms with Gasteiger partial charge in [0.05, 0.1) is 0 Å². The number of rotatable bonds is 5. The predicted molar refractivity (Wildman–Crippen MR) is 77.7 cm³/mol. The Bertz CT molecular complexity index is 526. The molecule has 0 aromatic heterocycles. The van der Waals surface area contributed by atoms with Gasteiger partial charge in [-0.05, 0) is 43.4 Å². The minimum atomic E-state index is -1.41. The van der Waals surface area contributed by atoms with Gasteiger partial charge in [0.2, 0.25) is 0 Å². The van der Waals surface area contributed by atoms with Crippen molar-refractivity contribution in [1.29, 1.82) is 0 Å². The molecule has 1 aromatic rings. The highest BCUT2D eigenvalue weighted by atomic mass is 35.5. The van der Waals surface area contributed by atoms with Crippen LogP contribution in [-0.2, 0) is 20.9 Å². The lowest BCUT2D eigenvalue weighted by atomic mass is 10.0. The minimum absolute atomic E-state index is 0.307. The summed E-state index contributed by atoms with van der Waals surface area (Å²) in [5, 5.41) is 13.2. The van der Waals surface area contributed by atoms with Gasteiger partial charge in [-0.15, -0.1) is 0 Å². The average Bonchev–Trinajstić information content (AvgIpc) is 2.91. The van der Waals surface area contributed by atoms with Crippen molar-refractivity contribution < 1.29 is 19.4 Å². The van der Waals surface area contributed by atoms with Crippen LogP contribution in [0.3, 0.4) is 0 Å². The Labute approximate surface area is 128 Å². The SMILES string of the molecule is O=C(COC(=O)C1(O)CCCC1)NCc1cccc(Cl)c1. The highest BCUT2D eigenvalue weighted by Crippen LogP contribution is 2.30. The number of carbonyl (C=O) groups is 2. The molecule has 2 rings (SSSR count). The quantitative estimate of drug-likeness (QED) is 0.813. The third kappa shape index (κ3) is 4.44. The van der Waals surface area contributed by atoms with Crippen LogP contribution in [-0.4, -0.2) is 29.2 Å². The summed E-state index contributed by atoms with van der Waals surface area (Å²) < 4.78 is 4.88. The van der Waals surface area contributed by atoms with Crippen LogP contribution in [0.15, 0.2) is 24.3 Å². The fourth-order valence-electron chi connectivity index (χ4n) is 2.33. The van der Waals surface area contributed by atoms with Gasteiger partial charge in [-0.2, -0.15) is 0 Å². The molecule has 0 heterocycles. The number of esters is 1. The standard InChI is InChI=1S/C15H18ClNO4/c16-12-5-3-4-11(8-12)9-17-13(18)10-21-14(19)15(20)6-1-2-7-15/h3-5,8,20H,1-2,6-7,9-10H2,(H,17,18). The van der Waals surface area contributed by atoms with E-state index in [0.717, 1.165) is 18.4 Å². The van der Waals surface area contributed by atoms with E-state index in [4.69, 9.17) is 16.3 Å². The van der Waals surface area contributed by atoms with Crippen molar-refractivity contribution in [3.8, 4) is 0 Å². The third-order valence-corrected chi connectivity index (χ3v) is 3.76. The van der Waals surface area contributed by atoms with Gasteiger partial charge in [-0.1, -0.05) is 23.7 Å². The Morgan fingerprint density at radius 1 is 1.33 bits per heavy atom. The van der Waals surface area contributed by atoms with Crippen LogP contribution < -0.4 is 5.32 Å². The highest BCUT2D eigenvalue weighted by molar-refractivity contribution is 6.30. The fourth-order valence-corrected chi connectivity index (χ4v) is 2.54. The Kier molecular flexibility index (Phi) is 5.20. The number of benzene rings is 1. The first-order chi connectivity index (χ1) is 9.99. The molecule has 0 atom stereocenters. The summed E-state index contributed by atoms with van der Waals surface area (Å²) in [6.07, 6.45) is 2.39. The molecule has 1 aromatic carbocycles. The van der Waals surface area contributed by atoms with Crippen LogP contribution >= 0.6 is 11.6 Å². The number of ether oxygens (including phenoxy) is 1. The Hall–Kier alpha value is -1.59. The molecule has 21 heavy (non-hydrogen) atoms. The third-order valence-electron chi connectivity index (χ3n) is 3.52. The first-order valence-corrected chi connectivity index (χ1v) is 7.28. The molecule has 6 heteroatoms. The van der Waals surface area contributed by atoms with E-state index in [0.29, 0.717) is 24.4 Å². The fraction of sp³-hybridized carbons (Fsp3) is 0.467. The van der Waals surface area contributed by atoms with Gasteiger partial charge >= 0.3 is 5.97 Å². The lowest BCUT2D eigenvalue weighted by Gasteiger charge is -2.19. The molecule has 1 fully saturated rings. The number of aliphatic hydroxyl groups is 1. The molecule has 0 aliphatic heterocycles. The summed E-state index contributed by atoms with van der Waals surface area (Å²) >= 11 is 5.84. The van der Waals surface area contributed by atoms with E-state index >= 15 is 0 Å². The lowest BCUT2D eigenvalue weighted by molar-refractivity contribution is -0.167. The zero-order chi connectivity index (χ0) is 15.3. The van der Waals surface area contributed by atoms with E-state index in [1.165, 1.54) is 0 Å². The lowest BCUT2D eigenvalue weighted by Crippen LogP contribution is -2.39. The second kappa shape index (κ2) is 6.91. The molecule has 0 spiro atoms. The van der Waals surface area contributed by atoms with Crippen LogP contribution in [0.1, 0.15) is 31.2 Å². The second-order valence-corrected chi connectivity index (χ2v) is 5.66. The van der Waals surface area contributed by atoms with E-state index in [2.05, 4.69) is 5.32 Å². The van der Waals surface area contributed by atoms with E-state index in [-0.39, 0.29) is 6.61 Å². The van der Waals surface area contributed by atoms with Gasteiger partial charge in [-0.25, -0.2) is 4.79 Å². The molecular formula is C15H18ClNO4. The molecule has 1 saturated carbocycles. The predicted octanol–water partition coefficient (Wildman–Crippen LogP) is 1.80. The van der Waals surface area contributed by atoms with E-state index < -0.39 is 17.5 Å². The molecule has 1 amide bonds. The highest BCUT2D eigenvalue weighted by Gasteiger charge is 2.40. The topological polar surface area (TPSA) is 75.6 Å². The summed E-state index contributed by atoms with van der Waals surface area (Å²) in [6.45, 7) is -0.0804. The summed E-state index contributed by atoms with van der Waals surface area (Å²) in [7, 11) is 0. The van der Waals surface area contributed by atoms with Crippen molar-refractivity contribution in [2.75, 3.05) is 6.61 Å². The number of halogens is 1. The van der Waals surface area contributed by atoms with Gasteiger partial charge in [0.1, 0.15) is 0 Å². The Morgan fingerprint density at radius 2 is 2.05 bits per heavy atom. The molecular weight excluding hydrogens is 294 g/mol. The zero-order valence-electron chi connectivity index (χ0n) is 11.6. The average molecular weight is 312 g/mol. The normalized spacial score (nSPS) is 16.5. The maximum absolute atomic E-state index is 11.7. The van der Waals surface area contributed by atoms with Gasteiger partial charge < -0.3 is 15.2 Å². The van der Waals surface area contributed by atoms with Gasteiger partial charge in [0.25, 0.3) is 5.91 Å². The summed E-state index contributed by atoms with van der Waals surface area (Å²) in [5.41, 5.74) is -0.552. The molecule has 2 N–H and O–H groups in total. The van der Waals surface area contributed by atoms with Crippen LogP contribution in [0.2, 0.25) is 5.02 Å². The van der Waals surface area contributed by atoms with E-state index in [1.807, 2.05) is 6.07 Å². The monoisotopic (exact) mass is 311 g/mol. The number of hydrogen-bond donors (Lipinski definition) is 2. The van der Waals surface area contributed by atoms with Crippen LogP contribution in [0.4, 0.5) is 0 Å². The minimum Gasteiger partial charge on any atom is -0.453 e. The molecule has 0 saturated heterocycles. The zero-order valence-corrected chi connectivity index (χ0v) is 12.4. The number of hydrogen-bond acceptors (Lipinski definition) is 4. The number of carbonyl (C=O) groups excluding carboxylic acids is 2. The van der Waals surface area contributed by atoms with Crippen molar-refractivity contribution in [3.63, 3.8) is 0 Å². The van der Waals surface area contributed by atoms with Crippen molar-refractivity contribution in [2.45, 2.75) is 37.8 Å². The van der Waals surface area contributed by atoms with E-state index in [1.54, 1.807) is 18.2 Å². The van der Waals surface area contributed by atoms with Crippen LogP contribution in [0.25, 0.3) is 0 Å². The Morgan fingerprint density at radius 3 is 2.71 bits per heavy atom. The first-order valence-electron chi connectivity index (χ1n) is 6.90. The van der Waals surface area contributed by atoms with Gasteiger partial charge in [0.15, 0.2) is 12.2 Å². The molecule has 0 radical (unpaired) electrons. The maximum atomic E-state index is 11.7. The first kappa shape index (κ1) is 15.8. The second-order valence-electron chi connectivity index (χ2n) is 5.22. The van der Waals surface area contributed by atoms with Crippen molar-refractivity contribution in [1.82, 2.24) is 5.32 Å². The largest absolute Gasteiger partial charge is 0.453 e. The van der Waals surface area contributed by atoms with Crippen molar-refractivity contribution in [3.05, 3.63) is 34.9 Å². The van der Waals surface area contributed by atoms with E-state index in [9.17, 15) is 14.7 Å². The van der Waals surface area contributed by atoms with Crippen LogP contribution in [0.5, 0.6) is 0 Å². The molecule has 5 nitrogen and oxygen atoms in total. The maximum Gasteiger partial charge on any atom is 0.338 e. The Balaban J connectivity index is 1.73. The van der Waals surface area contributed by atoms with Crippen LogP contribution in [0, 0.1) is 0 Å². The molecule has 114 valence electrons. The van der Waals surface area contributed by atoms with Crippen molar-refractivity contribution in [2.24, 2.45) is 0 Å².